The van der Waals surface area contributed by atoms with Crippen LogP contribution in [0.5, 0.6) is 0 Å². The lowest BCUT2D eigenvalue weighted by molar-refractivity contribution is -0.130. The summed E-state index contributed by atoms with van der Waals surface area (Å²) < 4.78 is 0. The van der Waals surface area contributed by atoms with E-state index in [0.29, 0.717) is 6.42 Å². The van der Waals surface area contributed by atoms with Crippen LogP contribution in [0.3, 0.4) is 0 Å². The average Bonchev–Trinajstić information content (AvgIpc) is 2.23. The monoisotopic (exact) mass is 258 g/mol. The van der Waals surface area contributed by atoms with Crippen LogP contribution in [0.4, 0.5) is 0 Å². The van der Waals surface area contributed by atoms with E-state index >= 15 is 0 Å². The van der Waals surface area contributed by atoms with Gasteiger partial charge in [0.1, 0.15) is 6.04 Å². The van der Waals surface area contributed by atoms with Gasteiger partial charge < -0.3 is 15.7 Å². The van der Waals surface area contributed by atoms with Crippen LogP contribution in [0.15, 0.2) is 0 Å². The molecule has 2 unspecified atom stereocenters. The predicted molar refractivity (Wildman–Crippen MR) is 70.9 cm³/mol. The summed E-state index contributed by atoms with van der Waals surface area (Å²) in [5.74, 6) is -0.0941. The van der Waals surface area contributed by atoms with Crippen molar-refractivity contribution in [3.05, 3.63) is 0 Å². The Bertz CT molecular complexity index is 277. The molecule has 0 aromatic heterocycles. The highest BCUT2D eigenvalue weighted by molar-refractivity contribution is 5.88. The van der Waals surface area contributed by atoms with Gasteiger partial charge in [-0.25, -0.2) is 0 Å². The molecule has 0 aliphatic heterocycles. The molecule has 5 nitrogen and oxygen atoms in total. The summed E-state index contributed by atoms with van der Waals surface area (Å²) in [5.41, 5.74) is 0. The highest BCUT2D eigenvalue weighted by Crippen LogP contribution is 2.05. The molecule has 2 amide bonds. The first-order chi connectivity index (χ1) is 8.27. The van der Waals surface area contributed by atoms with Crippen molar-refractivity contribution in [3.63, 3.8) is 0 Å². The number of hydrogen-bond donors (Lipinski definition) is 3. The van der Waals surface area contributed by atoms with Gasteiger partial charge in [0.05, 0.1) is 6.61 Å². The first kappa shape index (κ1) is 16.9. The van der Waals surface area contributed by atoms with Crippen molar-refractivity contribution in [1.29, 1.82) is 0 Å². The van der Waals surface area contributed by atoms with Crippen LogP contribution < -0.4 is 10.6 Å². The van der Waals surface area contributed by atoms with Crippen LogP contribution in [0.1, 0.15) is 41.0 Å². The summed E-state index contributed by atoms with van der Waals surface area (Å²) in [6.07, 6.45) is 0.409. The second-order valence-corrected chi connectivity index (χ2v) is 5.48. The van der Waals surface area contributed by atoms with Crippen LogP contribution in [0.25, 0.3) is 0 Å². The molecule has 0 aromatic carbocycles. The number of aliphatic hydroxyl groups is 1. The van der Waals surface area contributed by atoms with Gasteiger partial charge in [-0.1, -0.05) is 27.7 Å². The molecule has 0 aromatic rings. The van der Waals surface area contributed by atoms with Gasteiger partial charge in [-0.3, -0.25) is 9.59 Å². The summed E-state index contributed by atoms with van der Waals surface area (Å²) in [5, 5.41) is 14.3. The van der Waals surface area contributed by atoms with E-state index in [-0.39, 0.29) is 36.3 Å². The van der Waals surface area contributed by atoms with E-state index < -0.39 is 6.04 Å². The quantitative estimate of drug-likeness (QED) is 0.628. The van der Waals surface area contributed by atoms with E-state index in [1.807, 2.05) is 27.7 Å². The Morgan fingerprint density at radius 3 is 2.00 bits per heavy atom. The van der Waals surface area contributed by atoms with Crippen LogP contribution in [-0.2, 0) is 9.59 Å². The molecule has 0 aliphatic carbocycles. The molecule has 0 heterocycles. The van der Waals surface area contributed by atoms with E-state index in [0.717, 1.165) is 0 Å². The van der Waals surface area contributed by atoms with Gasteiger partial charge in [0, 0.05) is 12.5 Å². The minimum Gasteiger partial charge on any atom is -0.394 e. The molecule has 5 heteroatoms. The van der Waals surface area contributed by atoms with E-state index in [1.54, 1.807) is 6.92 Å². The maximum Gasteiger partial charge on any atom is 0.243 e. The zero-order valence-corrected chi connectivity index (χ0v) is 12.0. The van der Waals surface area contributed by atoms with Crippen molar-refractivity contribution in [1.82, 2.24) is 10.6 Å². The third-order valence-corrected chi connectivity index (χ3v) is 2.52. The Morgan fingerprint density at radius 2 is 1.61 bits per heavy atom. The van der Waals surface area contributed by atoms with Gasteiger partial charge in [0.25, 0.3) is 0 Å². The summed E-state index contributed by atoms with van der Waals surface area (Å²) in [7, 11) is 0. The zero-order chi connectivity index (χ0) is 14.3. The molecular formula is C13H26N2O3. The fourth-order valence-electron chi connectivity index (χ4n) is 1.52. The van der Waals surface area contributed by atoms with Crippen molar-refractivity contribution in [2.75, 3.05) is 6.61 Å². The second-order valence-electron chi connectivity index (χ2n) is 5.48. The number of nitrogens with one attached hydrogen (secondary N) is 2. The Hall–Kier alpha value is -1.10. The van der Waals surface area contributed by atoms with Crippen molar-refractivity contribution in [3.8, 4) is 0 Å². The van der Waals surface area contributed by atoms with Gasteiger partial charge in [-0.15, -0.1) is 0 Å². The van der Waals surface area contributed by atoms with Gasteiger partial charge >= 0.3 is 0 Å². The minimum absolute atomic E-state index is 0.00649. The summed E-state index contributed by atoms with van der Waals surface area (Å²) in [4.78, 5) is 23.6. The van der Waals surface area contributed by atoms with E-state index in [2.05, 4.69) is 10.6 Å². The maximum atomic E-state index is 11.9. The van der Waals surface area contributed by atoms with Crippen LogP contribution in [0.2, 0.25) is 0 Å². The molecule has 0 aliphatic rings. The zero-order valence-electron chi connectivity index (χ0n) is 12.0. The summed E-state index contributed by atoms with van der Waals surface area (Å²) >= 11 is 0. The number of rotatable bonds is 7. The molecule has 0 rings (SSSR count). The fourth-order valence-corrected chi connectivity index (χ4v) is 1.52. The molecule has 0 saturated heterocycles. The van der Waals surface area contributed by atoms with E-state index in [1.165, 1.54) is 0 Å². The molecule has 0 spiro atoms. The lowest BCUT2D eigenvalue weighted by Crippen LogP contribution is -2.52. The maximum absolute atomic E-state index is 11.9. The standard InChI is InChI=1S/C13H26N2O3/c1-8(2)6-11(17)15-12(9(3)4)13(18)14-10(5)7-16/h8-10,12,16H,6-7H2,1-5H3,(H,14,18)(H,15,17). The topological polar surface area (TPSA) is 78.4 Å². The SMILES string of the molecule is CC(C)CC(=O)NC(C(=O)NC(C)CO)C(C)C. The molecular weight excluding hydrogens is 232 g/mol. The lowest BCUT2D eigenvalue weighted by Gasteiger charge is -2.23. The van der Waals surface area contributed by atoms with Gasteiger partial charge in [-0.2, -0.15) is 0 Å². The average molecular weight is 258 g/mol. The second kappa shape index (κ2) is 8.08. The first-order valence-corrected chi connectivity index (χ1v) is 6.48. The van der Waals surface area contributed by atoms with Gasteiger partial charge in [0.15, 0.2) is 0 Å². The normalized spacial score (nSPS) is 14.4. The van der Waals surface area contributed by atoms with Crippen LogP contribution in [0, 0.1) is 11.8 Å². The Balaban J connectivity index is 4.47. The van der Waals surface area contributed by atoms with E-state index in [4.69, 9.17) is 5.11 Å². The molecule has 0 saturated carbocycles. The molecule has 106 valence electrons. The molecule has 18 heavy (non-hydrogen) atoms. The Labute approximate surface area is 109 Å². The fraction of sp³-hybridized carbons (Fsp3) is 0.846. The number of carbonyl (C=O) groups is 2. The van der Waals surface area contributed by atoms with Crippen molar-refractivity contribution < 1.29 is 14.7 Å². The molecule has 0 radical (unpaired) electrons. The number of carbonyl (C=O) groups excluding carboxylic acids is 2. The Kier molecular flexibility index (Phi) is 7.59. The highest BCUT2D eigenvalue weighted by Gasteiger charge is 2.25. The molecule has 3 N–H and O–H groups in total. The van der Waals surface area contributed by atoms with Crippen LogP contribution >= 0.6 is 0 Å². The first-order valence-electron chi connectivity index (χ1n) is 6.48. The Morgan fingerprint density at radius 1 is 1.06 bits per heavy atom. The molecule has 0 bridgehead atoms. The van der Waals surface area contributed by atoms with Gasteiger partial charge in [-0.05, 0) is 18.8 Å². The lowest BCUT2D eigenvalue weighted by atomic mass is 10.0. The highest BCUT2D eigenvalue weighted by atomic mass is 16.3. The minimum atomic E-state index is -0.551. The number of amides is 2. The summed E-state index contributed by atoms with van der Waals surface area (Å²) in [6, 6.07) is -0.856. The largest absolute Gasteiger partial charge is 0.394 e. The van der Waals surface area contributed by atoms with Crippen LogP contribution in [-0.4, -0.2) is 35.6 Å². The van der Waals surface area contributed by atoms with Crippen molar-refractivity contribution in [2.24, 2.45) is 11.8 Å². The summed E-state index contributed by atoms with van der Waals surface area (Å²) in [6.45, 7) is 9.27. The van der Waals surface area contributed by atoms with Crippen molar-refractivity contribution >= 4 is 11.8 Å². The molecule has 0 fully saturated rings. The predicted octanol–water partition coefficient (Wildman–Crippen LogP) is 0.670. The smallest absolute Gasteiger partial charge is 0.243 e. The molecule has 2 atom stereocenters. The number of hydrogen-bond acceptors (Lipinski definition) is 3. The van der Waals surface area contributed by atoms with Crippen molar-refractivity contribution in [2.45, 2.75) is 53.1 Å². The number of aliphatic hydroxyl groups excluding tert-OH is 1. The van der Waals surface area contributed by atoms with Gasteiger partial charge in [0.2, 0.25) is 11.8 Å². The third kappa shape index (κ3) is 6.59. The van der Waals surface area contributed by atoms with E-state index in [9.17, 15) is 9.59 Å². The third-order valence-electron chi connectivity index (χ3n) is 2.52.